The normalized spacial score (nSPS) is 12.5. The van der Waals surface area contributed by atoms with E-state index in [0.29, 0.717) is 10.8 Å². The summed E-state index contributed by atoms with van der Waals surface area (Å²) in [4.78, 5) is 4.93. The summed E-state index contributed by atoms with van der Waals surface area (Å²) in [6.45, 7) is 13.3. The van der Waals surface area contributed by atoms with Gasteiger partial charge in [0.25, 0.3) is 0 Å². The summed E-state index contributed by atoms with van der Waals surface area (Å²) in [5.41, 5.74) is 3.78. The molecule has 0 radical (unpaired) electrons. The van der Waals surface area contributed by atoms with Gasteiger partial charge in [-0.15, -0.1) is 0 Å². The lowest BCUT2D eigenvalue weighted by Crippen LogP contribution is -2.36. The molecule has 31 heavy (non-hydrogen) atoms. The van der Waals surface area contributed by atoms with E-state index >= 15 is 0 Å². The molecule has 0 saturated carbocycles. The van der Waals surface area contributed by atoms with Crippen molar-refractivity contribution in [2.45, 2.75) is 53.5 Å². The van der Waals surface area contributed by atoms with Crippen molar-refractivity contribution < 1.29 is 4.42 Å². The van der Waals surface area contributed by atoms with E-state index in [9.17, 15) is 0 Å². The first kappa shape index (κ1) is 21.5. The molecule has 162 valence electrons. The third kappa shape index (κ3) is 4.64. The molecule has 0 aliphatic rings. The Kier molecular flexibility index (Phi) is 5.38. The van der Waals surface area contributed by atoms with Gasteiger partial charge in [0.2, 0.25) is 0 Å². The molecule has 1 N–H and O–H groups in total. The summed E-state index contributed by atoms with van der Waals surface area (Å²) in [6.07, 6.45) is 3.07. The van der Waals surface area contributed by atoms with Crippen molar-refractivity contribution in [3.63, 3.8) is 0 Å². The number of rotatable bonds is 5. The highest BCUT2D eigenvalue weighted by Gasteiger charge is 2.28. The summed E-state index contributed by atoms with van der Waals surface area (Å²) < 4.78 is 8.35. The number of imidazole rings is 1. The van der Waals surface area contributed by atoms with Crippen LogP contribution in [0.15, 0.2) is 59.1 Å². The second-order valence-corrected chi connectivity index (χ2v) is 10.5. The number of hydrogen-bond acceptors (Lipinski definition) is 3. The third-order valence-corrected chi connectivity index (χ3v) is 5.52. The summed E-state index contributed by atoms with van der Waals surface area (Å²) in [7, 11) is 0. The van der Waals surface area contributed by atoms with Crippen molar-refractivity contribution >= 4 is 23.1 Å². The summed E-state index contributed by atoms with van der Waals surface area (Å²) in [5, 5.41) is 4.42. The van der Waals surface area contributed by atoms with Crippen molar-refractivity contribution in [1.82, 2.24) is 9.38 Å². The average Bonchev–Trinajstić information content (AvgIpc) is 3.24. The largest absolute Gasteiger partial charge is 0.454 e. The molecule has 0 spiro atoms. The molecule has 0 bridgehead atoms. The number of hydrogen-bond donors (Lipinski definition) is 1. The number of fused-ring (bicyclic) bond motifs is 1. The van der Waals surface area contributed by atoms with Gasteiger partial charge in [0.1, 0.15) is 22.9 Å². The molecule has 4 nitrogen and oxygen atoms in total. The molecule has 0 unspecified atom stereocenters. The maximum Gasteiger partial charge on any atom is 0.157 e. The van der Waals surface area contributed by atoms with Crippen LogP contribution >= 0.6 is 11.6 Å². The van der Waals surface area contributed by atoms with Crippen LogP contribution in [-0.4, -0.2) is 14.9 Å². The topological polar surface area (TPSA) is 42.5 Å². The van der Waals surface area contributed by atoms with Gasteiger partial charge >= 0.3 is 0 Å². The van der Waals surface area contributed by atoms with Crippen LogP contribution in [0.25, 0.3) is 28.4 Å². The zero-order chi connectivity index (χ0) is 22.4. The lowest BCUT2D eigenvalue weighted by Gasteiger charge is -2.34. The predicted octanol–water partition coefficient (Wildman–Crippen LogP) is 7.85. The Hall–Kier alpha value is -2.72. The first-order valence-electron chi connectivity index (χ1n) is 10.6. The first-order chi connectivity index (χ1) is 14.5. The fourth-order valence-electron chi connectivity index (χ4n) is 4.40. The minimum Gasteiger partial charge on any atom is -0.454 e. The van der Waals surface area contributed by atoms with Crippen LogP contribution in [0.3, 0.4) is 0 Å². The maximum atomic E-state index is 6.38. The number of furan rings is 1. The lowest BCUT2D eigenvalue weighted by atomic mass is 9.82. The second-order valence-electron chi connectivity index (χ2n) is 10.1. The SMILES string of the molecule is Cc1ccn2c(NC(C)(C)CC(C)(C)C)c(-c3ccc(-c4ccccc4Cl)o3)nc2c1. The van der Waals surface area contributed by atoms with Gasteiger partial charge in [-0.2, -0.15) is 0 Å². The molecular formula is C26H30ClN3O. The van der Waals surface area contributed by atoms with Gasteiger partial charge in [-0.25, -0.2) is 4.98 Å². The van der Waals surface area contributed by atoms with Crippen molar-refractivity contribution in [2.24, 2.45) is 5.41 Å². The number of nitrogens with one attached hydrogen (secondary N) is 1. The molecule has 0 saturated heterocycles. The van der Waals surface area contributed by atoms with Gasteiger partial charge in [-0.05, 0) is 74.6 Å². The van der Waals surface area contributed by atoms with Gasteiger partial charge in [-0.3, -0.25) is 4.40 Å². The summed E-state index contributed by atoms with van der Waals surface area (Å²) >= 11 is 6.38. The molecule has 3 aromatic heterocycles. The number of benzene rings is 1. The van der Waals surface area contributed by atoms with Gasteiger partial charge < -0.3 is 9.73 Å². The Morgan fingerprint density at radius 2 is 1.71 bits per heavy atom. The van der Waals surface area contributed by atoms with Crippen molar-refractivity contribution in [2.75, 3.05) is 5.32 Å². The molecule has 0 aliphatic carbocycles. The highest BCUT2D eigenvalue weighted by Crippen LogP contribution is 2.38. The van der Waals surface area contributed by atoms with Crippen LogP contribution in [-0.2, 0) is 0 Å². The van der Waals surface area contributed by atoms with Crippen molar-refractivity contribution in [1.29, 1.82) is 0 Å². The molecule has 3 heterocycles. The third-order valence-electron chi connectivity index (χ3n) is 5.19. The molecule has 0 amide bonds. The minimum atomic E-state index is -0.133. The molecular weight excluding hydrogens is 406 g/mol. The molecule has 4 rings (SSSR count). The van der Waals surface area contributed by atoms with Crippen LogP contribution in [0.1, 0.15) is 46.6 Å². The van der Waals surface area contributed by atoms with E-state index in [2.05, 4.69) is 69.6 Å². The lowest BCUT2D eigenvalue weighted by molar-refractivity contribution is 0.302. The zero-order valence-corrected chi connectivity index (χ0v) is 19.8. The summed E-state index contributed by atoms with van der Waals surface area (Å²) in [5.74, 6) is 2.38. The van der Waals surface area contributed by atoms with Crippen LogP contribution in [0, 0.1) is 12.3 Å². The monoisotopic (exact) mass is 435 g/mol. The van der Waals surface area contributed by atoms with E-state index in [4.69, 9.17) is 21.0 Å². The maximum absolute atomic E-state index is 6.38. The Labute approximate surface area is 189 Å². The average molecular weight is 436 g/mol. The Morgan fingerprint density at radius 3 is 2.42 bits per heavy atom. The Bertz CT molecular complexity index is 1230. The number of aromatic nitrogens is 2. The van der Waals surface area contributed by atoms with Gasteiger partial charge in [0.05, 0.1) is 5.02 Å². The molecule has 0 fully saturated rings. The minimum absolute atomic E-state index is 0.133. The highest BCUT2D eigenvalue weighted by molar-refractivity contribution is 6.33. The number of halogens is 1. The predicted molar refractivity (Wildman–Crippen MR) is 130 cm³/mol. The second kappa shape index (κ2) is 7.76. The molecule has 5 heteroatoms. The Balaban J connectivity index is 1.81. The number of pyridine rings is 1. The van der Waals surface area contributed by atoms with Crippen molar-refractivity contribution in [3.05, 3.63) is 65.3 Å². The standard InChI is InChI=1S/C26H30ClN3O/c1-17-13-14-30-22(15-17)28-23(24(30)29-26(5,6)16-25(2,3)4)21-12-11-20(31-21)18-9-7-8-10-19(18)27/h7-15,29H,16H2,1-6H3. The molecule has 0 atom stereocenters. The summed E-state index contributed by atoms with van der Waals surface area (Å²) in [6, 6.07) is 15.8. The highest BCUT2D eigenvalue weighted by atomic mass is 35.5. The fourth-order valence-corrected chi connectivity index (χ4v) is 4.63. The molecule has 4 aromatic rings. The molecule has 1 aromatic carbocycles. The van der Waals surface area contributed by atoms with Crippen LogP contribution in [0.2, 0.25) is 5.02 Å². The van der Waals surface area contributed by atoms with E-state index < -0.39 is 0 Å². The zero-order valence-electron chi connectivity index (χ0n) is 19.1. The number of anilines is 1. The smallest absolute Gasteiger partial charge is 0.157 e. The molecule has 0 aliphatic heterocycles. The first-order valence-corrected chi connectivity index (χ1v) is 11.0. The quantitative estimate of drug-likeness (QED) is 0.347. The van der Waals surface area contributed by atoms with E-state index in [1.54, 1.807) is 0 Å². The van der Waals surface area contributed by atoms with Crippen LogP contribution in [0.4, 0.5) is 5.82 Å². The number of nitrogens with zero attached hydrogens (tertiary/aromatic N) is 2. The van der Waals surface area contributed by atoms with Gasteiger partial charge in [-0.1, -0.05) is 44.5 Å². The van der Waals surface area contributed by atoms with Crippen molar-refractivity contribution in [3.8, 4) is 22.8 Å². The van der Waals surface area contributed by atoms with E-state index in [0.717, 1.165) is 34.9 Å². The number of aryl methyl sites for hydroxylation is 1. The van der Waals surface area contributed by atoms with E-state index in [1.807, 2.05) is 36.4 Å². The van der Waals surface area contributed by atoms with E-state index in [1.165, 1.54) is 5.56 Å². The van der Waals surface area contributed by atoms with Crippen LogP contribution < -0.4 is 5.32 Å². The fraction of sp³-hybridized carbons (Fsp3) is 0.346. The van der Waals surface area contributed by atoms with Gasteiger partial charge in [0.15, 0.2) is 5.76 Å². The Morgan fingerprint density at radius 1 is 1.00 bits per heavy atom. The van der Waals surface area contributed by atoms with E-state index in [-0.39, 0.29) is 11.0 Å². The van der Waals surface area contributed by atoms with Crippen LogP contribution in [0.5, 0.6) is 0 Å². The van der Waals surface area contributed by atoms with Gasteiger partial charge in [0, 0.05) is 17.3 Å².